The number of likely N-dealkylation sites (tertiary alicyclic amines) is 1. The topological polar surface area (TPSA) is 78.5 Å². The van der Waals surface area contributed by atoms with Crippen molar-refractivity contribution >= 4 is 23.8 Å². The second-order valence-corrected chi connectivity index (χ2v) is 8.28. The van der Waals surface area contributed by atoms with Crippen LogP contribution in [0.5, 0.6) is 0 Å². The molecule has 0 radical (unpaired) electrons. The first-order valence-electron chi connectivity index (χ1n) is 10.9. The van der Waals surface area contributed by atoms with Gasteiger partial charge in [0.15, 0.2) is 0 Å². The van der Waals surface area contributed by atoms with Gasteiger partial charge in [-0.1, -0.05) is 12.1 Å². The molecule has 1 aliphatic heterocycles. The number of carbonyl (C=O) groups is 3. The lowest BCUT2D eigenvalue weighted by Gasteiger charge is -2.31. The third kappa shape index (κ3) is 5.81. The van der Waals surface area contributed by atoms with Crippen LogP contribution in [0.15, 0.2) is 54.6 Å². The highest BCUT2D eigenvalue weighted by atomic mass is 19.1. The summed E-state index contributed by atoms with van der Waals surface area (Å²) in [7, 11) is 0. The monoisotopic (exact) mass is 435 g/mol. The average molecular weight is 435 g/mol. The third-order valence-electron chi connectivity index (χ3n) is 5.75. The van der Waals surface area contributed by atoms with Gasteiger partial charge in [0.2, 0.25) is 5.91 Å². The van der Waals surface area contributed by atoms with Gasteiger partial charge in [-0.25, -0.2) is 4.39 Å². The number of hydrogen-bond acceptors (Lipinski definition) is 3. The molecule has 1 aliphatic carbocycles. The number of piperidine rings is 1. The molecule has 1 heterocycles. The normalized spacial score (nSPS) is 16.7. The van der Waals surface area contributed by atoms with Gasteiger partial charge in [0, 0.05) is 42.4 Å². The van der Waals surface area contributed by atoms with Crippen LogP contribution in [0.1, 0.15) is 52.0 Å². The average Bonchev–Trinajstić information content (AvgIpc) is 3.62. The first-order chi connectivity index (χ1) is 15.5. The zero-order valence-corrected chi connectivity index (χ0v) is 17.7. The molecule has 0 aromatic heterocycles. The molecule has 1 saturated heterocycles. The summed E-state index contributed by atoms with van der Waals surface area (Å²) >= 11 is 0. The van der Waals surface area contributed by atoms with Crippen LogP contribution in [0.4, 0.5) is 4.39 Å². The van der Waals surface area contributed by atoms with Gasteiger partial charge in [0.1, 0.15) is 5.82 Å². The zero-order valence-electron chi connectivity index (χ0n) is 17.7. The second-order valence-electron chi connectivity index (χ2n) is 8.28. The molecule has 32 heavy (non-hydrogen) atoms. The lowest BCUT2D eigenvalue weighted by molar-refractivity contribution is -0.127. The van der Waals surface area contributed by atoms with Crippen molar-refractivity contribution < 1.29 is 18.8 Å². The molecular weight excluding hydrogens is 409 g/mol. The van der Waals surface area contributed by atoms with Crippen molar-refractivity contribution in [2.24, 2.45) is 0 Å². The minimum absolute atomic E-state index is 0.0186. The van der Waals surface area contributed by atoms with Crippen LogP contribution in [0, 0.1) is 5.82 Å². The molecule has 1 saturated carbocycles. The molecule has 2 aromatic rings. The number of benzene rings is 2. The number of nitrogens with zero attached hydrogens (tertiary/aromatic N) is 1. The molecule has 0 spiro atoms. The molecule has 2 aliphatic rings. The smallest absolute Gasteiger partial charge is 0.251 e. The number of nitrogens with one attached hydrogen (secondary N) is 2. The van der Waals surface area contributed by atoms with E-state index in [0.29, 0.717) is 43.1 Å². The number of hydrogen-bond donors (Lipinski definition) is 2. The predicted octanol–water partition coefficient (Wildman–Crippen LogP) is 3.15. The Morgan fingerprint density at radius 3 is 1.81 bits per heavy atom. The van der Waals surface area contributed by atoms with Crippen LogP contribution in [0.2, 0.25) is 0 Å². The SMILES string of the molecule is O=C(NC1CC1)c1ccc(/C=C/C(=O)N2CCC(NC(=O)c3ccc(F)cc3)CC2)cc1. The Kier molecular flexibility index (Phi) is 6.63. The first-order valence-corrected chi connectivity index (χ1v) is 10.9. The molecule has 2 aromatic carbocycles. The molecule has 4 rings (SSSR count). The van der Waals surface area contributed by atoms with E-state index >= 15 is 0 Å². The van der Waals surface area contributed by atoms with E-state index in [1.807, 2.05) is 12.1 Å². The number of amides is 3. The quantitative estimate of drug-likeness (QED) is 0.685. The molecule has 7 heteroatoms. The summed E-state index contributed by atoms with van der Waals surface area (Å²) in [6.45, 7) is 1.11. The maximum Gasteiger partial charge on any atom is 0.251 e. The Balaban J connectivity index is 1.23. The van der Waals surface area contributed by atoms with Gasteiger partial charge in [-0.05, 0) is 73.7 Å². The van der Waals surface area contributed by atoms with Gasteiger partial charge < -0.3 is 15.5 Å². The maximum absolute atomic E-state index is 13.0. The van der Waals surface area contributed by atoms with E-state index in [9.17, 15) is 18.8 Å². The Hall–Kier alpha value is -3.48. The highest BCUT2D eigenvalue weighted by Crippen LogP contribution is 2.19. The lowest BCUT2D eigenvalue weighted by atomic mass is 10.0. The standard InChI is InChI=1S/C25H26FN3O3/c26-20-8-6-19(7-9-20)25(32)28-22-13-15-29(16-14-22)23(30)12-3-17-1-4-18(5-2-17)24(31)27-21-10-11-21/h1-9,12,21-22H,10-11,13-16H2,(H,27,31)(H,28,32)/b12-3+. The number of halogens is 1. The van der Waals surface area contributed by atoms with Crippen molar-refractivity contribution in [3.05, 3.63) is 77.1 Å². The minimum atomic E-state index is -0.378. The van der Waals surface area contributed by atoms with Gasteiger partial charge in [-0.3, -0.25) is 14.4 Å². The van der Waals surface area contributed by atoms with E-state index in [-0.39, 0.29) is 29.6 Å². The van der Waals surface area contributed by atoms with Crippen molar-refractivity contribution in [3.8, 4) is 0 Å². The number of rotatable bonds is 6. The van der Waals surface area contributed by atoms with Gasteiger partial charge in [0.25, 0.3) is 11.8 Å². The molecule has 166 valence electrons. The summed E-state index contributed by atoms with van der Waals surface area (Å²) in [5.41, 5.74) is 1.89. The minimum Gasteiger partial charge on any atom is -0.349 e. The predicted molar refractivity (Wildman–Crippen MR) is 119 cm³/mol. The Morgan fingerprint density at radius 1 is 0.781 bits per heavy atom. The van der Waals surface area contributed by atoms with E-state index in [1.165, 1.54) is 30.3 Å². The van der Waals surface area contributed by atoms with Crippen LogP contribution >= 0.6 is 0 Å². The zero-order chi connectivity index (χ0) is 22.5. The van der Waals surface area contributed by atoms with Crippen LogP contribution in [-0.4, -0.2) is 47.8 Å². The Bertz CT molecular complexity index is 1010. The molecule has 6 nitrogen and oxygen atoms in total. The summed E-state index contributed by atoms with van der Waals surface area (Å²) in [6.07, 6.45) is 6.71. The van der Waals surface area contributed by atoms with E-state index in [0.717, 1.165) is 18.4 Å². The second kappa shape index (κ2) is 9.77. The van der Waals surface area contributed by atoms with E-state index in [1.54, 1.807) is 23.1 Å². The molecule has 2 fully saturated rings. The van der Waals surface area contributed by atoms with E-state index in [2.05, 4.69) is 10.6 Å². The molecular formula is C25H26FN3O3. The van der Waals surface area contributed by atoms with Gasteiger partial charge in [-0.2, -0.15) is 0 Å². The molecule has 0 bridgehead atoms. The lowest BCUT2D eigenvalue weighted by Crippen LogP contribution is -2.46. The Morgan fingerprint density at radius 2 is 1.28 bits per heavy atom. The highest BCUT2D eigenvalue weighted by molar-refractivity contribution is 5.95. The van der Waals surface area contributed by atoms with Crippen molar-refractivity contribution in [2.75, 3.05) is 13.1 Å². The first kappa shape index (κ1) is 21.7. The molecule has 0 atom stereocenters. The van der Waals surface area contributed by atoms with Crippen LogP contribution < -0.4 is 10.6 Å². The van der Waals surface area contributed by atoms with Crippen LogP contribution in [0.3, 0.4) is 0 Å². The largest absolute Gasteiger partial charge is 0.349 e. The van der Waals surface area contributed by atoms with E-state index in [4.69, 9.17) is 0 Å². The van der Waals surface area contributed by atoms with Crippen molar-refractivity contribution in [3.63, 3.8) is 0 Å². The highest BCUT2D eigenvalue weighted by Gasteiger charge is 2.24. The summed E-state index contributed by atoms with van der Waals surface area (Å²) in [6, 6.07) is 12.9. The van der Waals surface area contributed by atoms with Gasteiger partial charge >= 0.3 is 0 Å². The summed E-state index contributed by atoms with van der Waals surface area (Å²) in [5.74, 6) is -0.752. The summed E-state index contributed by atoms with van der Waals surface area (Å²) < 4.78 is 13.0. The molecule has 0 unspecified atom stereocenters. The van der Waals surface area contributed by atoms with Gasteiger partial charge in [-0.15, -0.1) is 0 Å². The molecule has 3 amide bonds. The van der Waals surface area contributed by atoms with Crippen LogP contribution in [-0.2, 0) is 4.79 Å². The van der Waals surface area contributed by atoms with Crippen molar-refractivity contribution in [1.29, 1.82) is 0 Å². The molecule has 2 N–H and O–H groups in total. The van der Waals surface area contributed by atoms with Crippen LogP contribution in [0.25, 0.3) is 6.08 Å². The van der Waals surface area contributed by atoms with Gasteiger partial charge in [0.05, 0.1) is 0 Å². The summed E-state index contributed by atoms with van der Waals surface area (Å²) in [5, 5.41) is 5.90. The fourth-order valence-corrected chi connectivity index (χ4v) is 3.63. The number of carbonyl (C=O) groups excluding carboxylic acids is 3. The third-order valence-corrected chi connectivity index (χ3v) is 5.75. The van der Waals surface area contributed by atoms with Crippen molar-refractivity contribution in [1.82, 2.24) is 15.5 Å². The van der Waals surface area contributed by atoms with Crippen molar-refractivity contribution in [2.45, 2.75) is 37.8 Å². The maximum atomic E-state index is 13.0. The summed E-state index contributed by atoms with van der Waals surface area (Å²) in [4.78, 5) is 38.6. The van der Waals surface area contributed by atoms with E-state index < -0.39 is 0 Å². The fourth-order valence-electron chi connectivity index (χ4n) is 3.63. The fraction of sp³-hybridized carbons (Fsp3) is 0.320. The Labute approximate surface area is 186 Å².